The van der Waals surface area contributed by atoms with E-state index in [0.717, 1.165) is 0 Å². The van der Waals surface area contributed by atoms with Crippen LogP contribution in [0, 0.1) is 5.92 Å². The summed E-state index contributed by atoms with van der Waals surface area (Å²) in [4.78, 5) is 24.5. The third kappa shape index (κ3) is 4.44. The zero-order chi connectivity index (χ0) is 13.0. The van der Waals surface area contributed by atoms with Gasteiger partial charge in [0.2, 0.25) is 11.8 Å². The maximum absolute atomic E-state index is 11.7. The first-order valence-electron chi connectivity index (χ1n) is 6.14. The molecule has 0 saturated carbocycles. The molecule has 0 aromatic heterocycles. The van der Waals surface area contributed by atoms with Gasteiger partial charge in [0.25, 0.3) is 0 Å². The van der Waals surface area contributed by atoms with Crippen molar-refractivity contribution in [2.75, 3.05) is 13.1 Å². The number of β-amino-alcohol motifs (C(OH)–C–C–N with tert-alkyl or cyclic N) is 1. The molecule has 1 fully saturated rings. The van der Waals surface area contributed by atoms with E-state index in [9.17, 15) is 14.7 Å². The largest absolute Gasteiger partial charge is 0.390 e. The molecule has 1 unspecified atom stereocenters. The van der Waals surface area contributed by atoms with Crippen LogP contribution in [0.25, 0.3) is 0 Å². The van der Waals surface area contributed by atoms with Crippen LogP contribution in [0.5, 0.6) is 0 Å². The molecule has 1 rings (SSSR count). The van der Waals surface area contributed by atoms with Gasteiger partial charge in [0.1, 0.15) is 0 Å². The Kier molecular flexibility index (Phi) is 5.08. The average Bonchev–Trinajstić information content (AvgIpc) is 2.20. The number of piperidine rings is 1. The predicted octanol–water partition coefficient (Wildman–Crippen LogP) is 0.130. The maximum Gasteiger partial charge on any atom is 0.229 e. The second kappa shape index (κ2) is 6.12. The number of aliphatic hydroxyl groups excluding tert-OH is 1. The van der Waals surface area contributed by atoms with Crippen LogP contribution in [-0.4, -0.2) is 47.1 Å². The smallest absolute Gasteiger partial charge is 0.229 e. The first kappa shape index (κ1) is 14.1. The van der Waals surface area contributed by atoms with Crippen molar-refractivity contribution < 1.29 is 14.7 Å². The van der Waals surface area contributed by atoms with Gasteiger partial charge in [-0.1, -0.05) is 20.8 Å². The van der Waals surface area contributed by atoms with Crippen molar-refractivity contribution in [2.45, 2.75) is 45.8 Å². The summed E-state index contributed by atoms with van der Waals surface area (Å²) in [6.07, 6.45) is 0.102. The number of hydrogen-bond donors (Lipinski definition) is 2. The van der Waals surface area contributed by atoms with Crippen molar-refractivity contribution in [3.8, 4) is 0 Å². The summed E-state index contributed by atoms with van der Waals surface area (Å²) in [5, 5.41) is 12.8. The lowest BCUT2D eigenvalue weighted by molar-refractivity contribution is -0.151. The van der Waals surface area contributed by atoms with Crippen molar-refractivity contribution in [2.24, 2.45) is 5.92 Å². The van der Waals surface area contributed by atoms with Crippen molar-refractivity contribution in [1.82, 2.24) is 10.2 Å². The molecular formula is C12H22N2O3. The van der Waals surface area contributed by atoms with Gasteiger partial charge in [-0.3, -0.25) is 14.5 Å². The number of rotatable bonds is 5. The van der Waals surface area contributed by atoms with Gasteiger partial charge in [0, 0.05) is 25.4 Å². The first-order chi connectivity index (χ1) is 7.90. The molecule has 0 aromatic carbocycles. The third-order valence-electron chi connectivity index (χ3n) is 2.80. The van der Waals surface area contributed by atoms with Gasteiger partial charge in [-0.25, -0.2) is 0 Å². The molecule has 0 spiro atoms. The number of carbonyl (C=O) groups excluding carboxylic acids is 2. The number of likely N-dealkylation sites (tertiary alicyclic amines) is 1. The Morgan fingerprint density at radius 3 is 2.35 bits per heavy atom. The van der Waals surface area contributed by atoms with Crippen LogP contribution in [0.4, 0.5) is 0 Å². The Hall–Kier alpha value is -0.940. The molecule has 98 valence electrons. The van der Waals surface area contributed by atoms with Crippen LogP contribution in [0.2, 0.25) is 0 Å². The van der Waals surface area contributed by atoms with Crippen LogP contribution < -0.4 is 5.32 Å². The topological polar surface area (TPSA) is 69.6 Å². The van der Waals surface area contributed by atoms with E-state index in [4.69, 9.17) is 0 Å². The van der Waals surface area contributed by atoms with Crippen LogP contribution >= 0.6 is 0 Å². The number of nitrogens with zero attached hydrogens (tertiary/aromatic N) is 1. The number of hydrogen-bond acceptors (Lipinski definition) is 4. The number of aliphatic hydroxyl groups is 1. The number of carbonyl (C=O) groups is 2. The van der Waals surface area contributed by atoms with Gasteiger partial charge in [-0.2, -0.15) is 0 Å². The summed E-state index contributed by atoms with van der Waals surface area (Å²) in [5.41, 5.74) is 0. The highest BCUT2D eigenvalue weighted by Crippen LogP contribution is 2.18. The molecule has 1 aliphatic rings. The summed E-state index contributed by atoms with van der Waals surface area (Å²) >= 11 is 0. The van der Waals surface area contributed by atoms with Gasteiger partial charge < -0.3 is 10.4 Å². The number of imide groups is 1. The summed E-state index contributed by atoms with van der Waals surface area (Å²) in [6.45, 7) is 6.34. The molecule has 17 heavy (non-hydrogen) atoms. The molecule has 0 radical (unpaired) electrons. The van der Waals surface area contributed by atoms with Crippen molar-refractivity contribution >= 4 is 11.8 Å². The molecule has 1 aliphatic heterocycles. The van der Waals surface area contributed by atoms with Gasteiger partial charge in [0.15, 0.2) is 0 Å². The van der Waals surface area contributed by atoms with E-state index >= 15 is 0 Å². The Morgan fingerprint density at radius 2 is 1.88 bits per heavy atom. The molecular weight excluding hydrogens is 220 g/mol. The Balaban J connectivity index is 2.44. The Morgan fingerprint density at radius 1 is 1.35 bits per heavy atom. The minimum absolute atomic E-state index is 0.101. The zero-order valence-electron chi connectivity index (χ0n) is 10.8. The second-order valence-electron chi connectivity index (χ2n) is 5.13. The van der Waals surface area contributed by atoms with E-state index in [-0.39, 0.29) is 30.3 Å². The van der Waals surface area contributed by atoms with E-state index in [0.29, 0.717) is 19.4 Å². The minimum atomic E-state index is -0.696. The predicted molar refractivity (Wildman–Crippen MR) is 64.3 cm³/mol. The molecule has 5 heteroatoms. The fraction of sp³-hybridized carbons (Fsp3) is 0.833. The van der Waals surface area contributed by atoms with Crippen LogP contribution in [0.15, 0.2) is 0 Å². The quantitative estimate of drug-likeness (QED) is 0.672. The molecule has 0 bridgehead atoms. The van der Waals surface area contributed by atoms with E-state index < -0.39 is 6.10 Å². The number of amides is 2. The lowest BCUT2D eigenvalue weighted by atomic mass is 9.97. The normalized spacial score (nSPS) is 20.2. The van der Waals surface area contributed by atoms with Gasteiger partial charge in [0.05, 0.1) is 12.6 Å². The molecule has 0 aromatic rings. The Bertz CT molecular complexity index is 273. The molecule has 5 nitrogen and oxygen atoms in total. The SMILES string of the molecule is CC1CC(=O)N(CC(O)CNC(C)C)C(=O)C1. The summed E-state index contributed by atoms with van der Waals surface area (Å²) in [6, 6.07) is 0.275. The second-order valence-corrected chi connectivity index (χ2v) is 5.13. The monoisotopic (exact) mass is 242 g/mol. The fourth-order valence-corrected chi connectivity index (χ4v) is 1.88. The van der Waals surface area contributed by atoms with Gasteiger partial charge in [-0.05, 0) is 5.92 Å². The summed E-state index contributed by atoms with van der Waals surface area (Å²) in [7, 11) is 0. The summed E-state index contributed by atoms with van der Waals surface area (Å²) in [5.74, 6) is -0.216. The van der Waals surface area contributed by atoms with E-state index in [2.05, 4.69) is 5.32 Å². The van der Waals surface area contributed by atoms with Crippen molar-refractivity contribution in [1.29, 1.82) is 0 Å². The molecule has 1 saturated heterocycles. The molecule has 2 N–H and O–H groups in total. The molecule has 1 heterocycles. The number of nitrogens with one attached hydrogen (secondary N) is 1. The van der Waals surface area contributed by atoms with Crippen molar-refractivity contribution in [3.63, 3.8) is 0 Å². The maximum atomic E-state index is 11.7. The van der Waals surface area contributed by atoms with Gasteiger partial charge >= 0.3 is 0 Å². The zero-order valence-corrected chi connectivity index (χ0v) is 10.8. The van der Waals surface area contributed by atoms with Crippen molar-refractivity contribution in [3.05, 3.63) is 0 Å². The van der Waals surface area contributed by atoms with Crippen LogP contribution in [0.1, 0.15) is 33.6 Å². The average molecular weight is 242 g/mol. The molecule has 2 amide bonds. The first-order valence-corrected chi connectivity index (χ1v) is 6.14. The van der Waals surface area contributed by atoms with E-state index in [1.807, 2.05) is 20.8 Å². The standard InChI is InChI=1S/C12H22N2O3/c1-8(2)13-6-10(15)7-14-11(16)4-9(3)5-12(14)17/h8-10,13,15H,4-7H2,1-3H3. The lowest BCUT2D eigenvalue weighted by Crippen LogP contribution is -2.48. The molecule has 1 atom stereocenters. The van der Waals surface area contributed by atoms with E-state index in [1.165, 1.54) is 4.90 Å². The lowest BCUT2D eigenvalue weighted by Gasteiger charge is -2.30. The summed E-state index contributed by atoms with van der Waals surface area (Å²) < 4.78 is 0. The van der Waals surface area contributed by atoms with Crippen LogP contribution in [-0.2, 0) is 9.59 Å². The fourth-order valence-electron chi connectivity index (χ4n) is 1.88. The van der Waals surface area contributed by atoms with Gasteiger partial charge in [-0.15, -0.1) is 0 Å². The highest BCUT2D eigenvalue weighted by Gasteiger charge is 2.31. The van der Waals surface area contributed by atoms with E-state index in [1.54, 1.807) is 0 Å². The molecule has 0 aliphatic carbocycles. The Labute approximate surface area is 102 Å². The highest BCUT2D eigenvalue weighted by molar-refractivity contribution is 5.97. The van der Waals surface area contributed by atoms with Crippen LogP contribution in [0.3, 0.4) is 0 Å². The highest BCUT2D eigenvalue weighted by atomic mass is 16.3. The minimum Gasteiger partial charge on any atom is -0.390 e. The third-order valence-corrected chi connectivity index (χ3v) is 2.80.